The zero-order chi connectivity index (χ0) is 13.8. The third-order valence-corrected chi connectivity index (χ3v) is 3.51. The highest BCUT2D eigenvalue weighted by Crippen LogP contribution is 2.30. The van der Waals surface area contributed by atoms with Crippen molar-refractivity contribution in [3.05, 3.63) is 0 Å². The minimum absolute atomic E-state index is 0.151. The van der Waals surface area contributed by atoms with Crippen LogP contribution in [0.5, 0.6) is 0 Å². The Bertz CT molecular complexity index is 291. The largest absolute Gasteiger partial charge is 0.444 e. The molecule has 0 aromatic rings. The number of nitrogens with zero attached hydrogens (tertiary/aromatic N) is 1. The Balaban J connectivity index is 2.55. The Labute approximate surface area is 115 Å². The number of carbonyl (C=O) groups excluding carboxylic acids is 1. The van der Waals surface area contributed by atoms with Crippen LogP contribution in [-0.2, 0) is 4.74 Å². The zero-order valence-electron chi connectivity index (χ0n) is 12.2. The van der Waals surface area contributed by atoms with Gasteiger partial charge in [0.1, 0.15) is 5.60 Å². The van der Waals surface area contributed by atoms with Crippen LogP contribution < -0.4 is 4.72 Å². The molecule has 1 atom stereocenters. The Hall–Kier alpha value is -0.420. The number of nitrogens with one attached hydrogen (secondary N) is 1. The van der Waals surface area contributed by atoms with Crippen molar-refractivity contribution >= 4 is 18.0 Å². The van der Waals surface area contributed by atoms with Crippen molar-refractivity contribution < 1.29 is 9.53 Å². The molecule has 18 heavy (non-hydrogen) atoms. The Kier molecular flexibility index (Phi) is 5.34. The molecule has 0 spiro atoms. The minimum atomic E-state index is -0.414. The second kappa shape index (κ2) is 6.15. The van der Waals surface area contributed by atoms with Crippen molar-refractivity contribution in [1.82, 2.24) is 9.62 Å². The molecular formula is C13H26N2O2S. The van der Waals surface area contributed by atoms with Gasteiger partial charge in [0.15, 0.2) is 0 Å². The topological polar surface area (TPSA) is 41.6 Å². The number of amides is 1. The van der Waals surface area contributed by atoms with Crippen LogP contribution in [0, 0.1) is 5.41 Å². The molecule has 0 aromatic heterocycles. The summed E-state index contributed by atoms with van der Waals surface area (Å²) in [7, 11) is 0. The van der Waals surface area contributed by atoms with Gasteiger partial charge in [-0.2, -0.15) is 0 Å². The molecule has 1 aliphatic heterocycles. The molecule has 1 unspecified atom stereocenters. The first-order valence-corrected chi connectivity index (χ1v) is 7.72. The Morgan fingerprint density at radius 2 is 2.17 bits per heavy atom. The van der Waals surface area contributed by atoms with Gasteiger partial charge in [-0.25, -0.2) is 4.79 Å². The molecule has 1 rings (SSSR count). The van der Waals surface area contributed by atoms with E-state index in [1.165, 1.54) is 0 Å². The molecule has 0 bridgehead atoms. The fourth-order valence-corrected chi connectivity index (χ4v) is 2.68. The molecule has 0 radical (unpaired) electrons. The molecular weight excluding hydrogens is 248 g/mol. The fraction of sp³-hybridized carbons (Fsp3) is 0.923. The summed E-state index contributed by atoms with van der Waals surface area (Å²) in [5.74, 6) is 0. The third-order valence-electron chi connectivity index (χ3n) is 3.08. The average Bonchev–Trinajstić information content (AvgIpc) is 2.24. The monoisotopic (exact) mass is 274 g/mol. The maximum atomic E-state index is 12.1. The summed E-state index contributed by atoms with van der Waals surface area (Å²) in [6.45, 7) is 10.5. The van der Waals surface area contributed by atoms with Crippen molar-refractivity contribution in [1.29, 1.82) is 0 Å². The summed E-state index contributed by atoms with van der Waals surface area (Å²) < 4.78 is 8.74. The van der Waals surface area contributed by atoms with E-state index < -0.39 is 5.60 Å². The van der Waals surface area contributed by atoms with Crippen LogP contribution in [0.3, 0.4) is 0 Å². The molecule has 5 heteroatoms. The van der Waals surface area contributed by atoms with E-state index in [0.29, 0.717) is 0 Å². The van der Waals surface area contributed by atoms with Gasteiger partial charge in [-0.05, 0) is 45.3 Å². The van der Waals surface area contributed by atoms with Gasteiger partial charge in [0, 0.05) is 19.6 Å². The van der Waals surface area contributed by atoms with Gasteiger partial charge in [0.2, 0.25) is 0 Å². The maximum absolute atomic E-state index is 12.1. The van der Waals surface area contributed by atoms with Crippen molar-refractivity contribution in [2.75, 3.05) is 25.9 Å². The lowest BCUT2D eigenvalue weighted by Gasteiger charge is -2.40. The van der Waals surface area contributed by atoms with Crippen LogP contribution in [0.4, 0.5) is 4.79 Å². The lowest BCUT2D eigenvalue weighted by molar-refractivity contribution is 0.00753. The fourth-order valence-electron chi connectivity index (χ4n) is 2.19. The lowest BCUT2D eigenvalue weighted by Crippen LogP contribution is -2.49. The SMILES string of the molecule is CSNCC1(C)CCCN(C(=O)OC(C)(C)C)C1. The van der Waals surface area contributed by atoms with Crippen LogP contribution in [0.1, 0.15) is 40.5 Å². The van der Waals surface area contributed by atoms with E-state index in [1.807, 2.05) is 31.9 Å². The first-order valence-electron chi connectivity index (χ1n) is 6.50. The number of rotatable bonds is 3. The molecule has 0 aromatic carbocycles. The average molecular weight is 274 g/mol. The Morgan fingerprint density at radius 1 is 1.50 bits per heavy atom. The quantitative estimate of drug-likeness (QED) is 0.804. The van der Waals surface area contributed by atoms with Crippen LogP contribution in [0.25, 0.3) is 0 Å². The van der Waals surface area contributed by atoms with Crippen LogP contribution >= 0.6 is 11.9 Å². The molecule has 1 N–H and O–H groups in total. The summed E-state index contributed by atoms with van der Waals surface area (Å²) in [4.78, 5) is 13.9. The van der Waals surface area contributed by atoms with E-state index in [4.69, 9.17) is 4.74 Å². The third kappa shape index (κ3) is 5.06. The molecule has 0 saturated carbocycles. The summed E-state index contributed by atoms with van der Waals surface area (Å²) in [6, 6.07) is 0. The van der Waals surface area contributed by atoms with Crippen LogP contribution in [-0.4, -0.2) is 42.5 Å². The number of likely N-dealkylation sites (tertiary alicyclic amines) is 1. The Morgan fingerprint density at radius 3 is 2.72 bits per heavy atom. The van der Waals surface area contributed by atoms with Crippen molar-refractivity contribution in [3.8, 4) is 0 Å². The second-order valence-corrected chi connectivity index (χ2v) is 7.04. The zero-order valence-corrected chi connectivity index (χ0v) is 13.0. The van der Waals surface area contributed by atoms with E-state index in [0.717, 1.165) is 32.5 Å². The molecule has 1 fully saturated rings. The number of hydrogen-bond donors (Lipinski definition) is 1. The highest BCUT2D eigenvalue weighted by molar-refractivity contribution is 7.96. The standard InChI is InChI=1S/C13H26N2O2S/c1-12(2,3)17-11(16)15-8-6-7-13(4,10-15)9-14-18-5/h14H,6-10H2,1-5H3. The number of ether oxygens (including phenoxy) is 1. The van der Waals surface area contributed by atoms with Gasteiger partial charge >= 0.3 is 6.09 Å². The predicted octanol–water partition coefficient (Wildman–Crippen LogP) is 2.89. The van der Waals surface area contributed by atoms with E-state index in [2.05, 4.69) is 11.6 Å². The minimum Gasteiger partial charge on any atom is -0.444 e. The highest BCUT2D eigenvalue weighted by Gasteiger charge is 2.34. The first-order chi connectivity index (χ1) is 8.26. The van der Waals surface area contributed by atoms with E-state index in [1.54, 1.807) is 11.9 Å². The van der Waals surface area contributed by atoms with E-state index >= 15 is 0 Å². The first kappa shape index (κ1) is 15.6. The summed E-state index contributed by atoms with van der Waals surface area (Å²) in [5.41, 5.74) is -0.263. The molecule has 4 nitrogen and oxygen atoms in total. The second-order valence-electron chi connectivity index (χ2n) is 6.34. The van der Waals surface area contributed by atoms with E-state index in [-0.39, 0.29) is 11.5 Å². The molecule has 1 heterocycles. The number of carbonyl (C=O) groups is 1. The summed E-state index contributed by atoms with van der Waals surface area (Å²) in [6.07, 6.45) is 4.04. The number of hydrogen-bond acceptors (Lipinski definition) is 4. The van der Waals surface area contributed by atoms with Crippen molar-refractivity contribution in [2.45, 2.75) is 46.1 Å². The van der Waals surface area contributed by atoms with E-state index in [9.17, 15) is 4.79 Å². The molecule has 0 aliphatic carbocycles. The molecule has 106 valence electrons. The van der Waals surface area contributed by atoms with Gasteiger partial charge in [-0.15, -0.1) is 0 Å². The van der Waals surface area contributed by atoms with Crippen LogP contribution in [0.2, 0.25) is 0 Å². The predicted molar refractivity (Wildman–Crippen MR) is 76.7 cm³/mol. The van der Waals surface area contributed by atoms with Crippen LogP contribution in [0.15, 0.2) is 0 Å². The molecule has 1 aliphatic rings. The van der Waals surface area contributed by atoms with Crippen molar-refractivity contribution in [3.63, 3.8) is 0 Å². The van der Waals surface area contributed by atoms with Crippen molar-refractivity contribution in [2.24, 2.45) is 5.41 Å². The van der Waals surface area contributed by atoms with Gasteiger partial charge in [-0.1, -0.05) is 18.9 Å². The number of piperidine rings is 1. The summed E-state index contributed by atoms with van der Waals surface area (Å²) in [5, 5.41) is 0. The normalized spacial score (nSPS) is 25.1. The summed E-state index contributed by atoms with van der Waals surface area (Å²) >= 11 is 1.63. The van der Waals surface area contributed by atoms with Gasteiger partial charge in [0.25, 0.3) is 0 Å². The highest BCUT2D eigenvalue weighted by atomic mass is 32.2. The smallest absolute Gasteiger partial charge is 0.410 e. The van der Waals surface area contributed by atoms with Gasteiger partial charge < -0.3 is 9.64 Å². The molecule has 1 saturated heterocycles. The maximum Gasteiger partial charge on any atom is 0.410 e. The van der Waals surface area contributed by atoms with Gasteiger partial charge in [0.05, 0.1) is 0 Å². The molecule has 1 amide bonds. The lowest BCUT2D eigenvalue weighted by atomic mass is 9.82. The van der Waals surface area contributed by atoms with Gasteiger partial charge in [-0.3, -0.25) is 4.72 Å².